The molecule has 0 bridgehead atoms. The number of nitrogens with one attached hydrogen (secondary N) is 1. The van der Waals surface area contributed by atoms with Gasteiger partial charge in [-0.15, -0.1) is 0 Å². The maximum atomic E-state index is 13.1. The number of amides is 2. The third kappa shape index (κ3) is 3.94. The van der Waals surface area contributed by atoms with E-state index in [0.29, 0.717) is 38.3 Å². The van der Waals surface area contributed by atoms with Crippen LogP contribution < -0.4 is 15.0 Å². The van der Waals surface area contributed by atoms with Crippen LogP contribution in [-0.4, -0.2) is 48.6 Å². The van der Waals surface area contributed by atoms with Crippen LogP contribution in [0.3, 0.4) is 0 Å². The lowest BCUT2D eigenvalue weighted by molar-refractivity contribution is -0.135. The molecule has 4 rings (SSSR count). The first-order valence-electron chi connectivity index (χ1n) is 9.96. The lowest BCUT2D eigenvalue weighted by Crippen LogP contribution is -2.57. The Kier molecular flexibility index (Phi) is 5.81. The second-order valence-corrected chi connectivity index (χ2v) is 7.92. The molecule has 2 fully saturated rings. The Morgan fingerprint density at radius 3 is 2.60 bits per heavy atom. The first-order chi connectivity index (χ1) is 14.5. The minimum atomic E-state index is -0.615. The molecule has 30 heavy (non-hydrogen) atoms. The topological polar surface area (TPSA) is 61.9 Å². The smallest absolute Gasteiger partial charge is 0.247 e. The van der Waals surface area contributed by atoms with E-state index in [1.54, 1.807) is 4.90 Å². The largest absolute Gasteiger partial charge is 0.491 e. The fourth-order valence-corrected chi connectivity index (χ4v) is 4.38. The second kappa shape index (κ2) is 8.52. The number of para-hydroxylation sites is 1. The van der Waals surface area contributed by atoms with E-state index < -0.39 is 11.4 Å². The van der Waals surface area contributed by atoms with Crippen LogP contribution in [0.25, 0.3) is 0 Å². The minimum absolute atomic E-state index is 0.0211. The average molecular weight is 432 g/mol. The van der Waals surface area contributed by atoms with Crippen molar-refractivity contribution < 1.29 is 18.7 Å². The Bertz CT molecular complexity index is 932. The molecule has 2 aliphatic rings. The van der Waals surface area contributed by atoms with Gasteiger partial charge >= 0.3 is 0 Å². The summed E-state index contributed by atoms with van der Waals surface area (Å²) in [5.41, 5.74) is 0.385. The normalized spacial score (nSPS) is 17.9. The molecule has 0 unspecified atom stereocenters. The summed E-state index contributed by atoms with van der Waals surface area (Å²) >= 11 is 5.94. The standard InChI is InChI=1S/C22H23ClFN3O3/c23-18-14-16(24)6-7-19(18)30-13-8-20(28)26-11-9-22(10-12-26)21(29)25-15-27(22)17-4-2-1-3-5-17/h1-7,14H,8-13,15H2,(H,25,29). The number of carbonyl (C=O) groups is 2. The van der Waals surface area contributed by atoms with Crippen molar-refractivity contribution in [1.82, 2.24) is 10.2 Å². The molecule has 0 aliphatic carbocycles. The van der Waals surface area contributed by atoms with E-state index in [4.69, 9.17) is 16.3 Å². The number of piperidine rings is 1. The number of nitrogens with zero attached hydrogens (tertiary/aromatic N) is 2. The highest BCUT2D eigenvalue weighted by atomic mass is 35.5. The fourth-order valence-electron chi connectivity index (χ4n) is 4.16. The van der Waals surface area contributed by atoms with Gasteiger partial charge in [0.05, 0.1) is 24.7 Å². The predicted octanol–water partition coefficient (Wildman–Crippen LogP) is 3.20. The molecule has 0 saturated carbocycles. The number of benzene rings is 2. The highest BCUT2D eigenvalue weighted by Crippen LogP contribution is 2.36. The molecule has 6 nitrogen and oxygen atoms in total. The zero-order chi connectivity index (χ0) is 21.1. The number of hydrogen-bond donors (Lipinski definition) is 1. The molecule has 2 aromatic rings. The van der Waals surface area contributed by atoms with Crippen LogP contribution in [0.15, 0.2) is 48.5 Å². The molecule has 0 radical (unpaired) electrons. The molecule has 1 N–H and O–H groups in total. The van der Waals surface area contributed by atoms with Crippen LogP contribution in [0.1, 0.15) is 19.3 Å². The Morgan fingerprint density at radius 2 is 1.90 bits per heavy atom. The summed E-state index contributed by atoms with van der Waals surface area (Å²) in [4.78, 5) is 29.2. The van der Waals surface area contributed by atoms with Crippen molar-refractivity contribution in [2.75, 3.05) is 31.3 Å². The Balaban J connectivity index is 1.33. The SMILES string of the molecule is O=C(CCOc1ccc(F)cc1Cl)N1CCC2(CC1)C(=O)NCN2c1ccccc1. The number of carbonyl (C=O) groups excluding carboxylic acids is 2. The van der Waals surface area contributed by atoms with Gasteiger partial charge in [0.15, 0.2) is 0 Å². The molecule has 2 amide bonds. The van der Waals surface area contributed by atoms with E-state index >= 15 is 0 Å². The lowest BCUT2D eigenvalue weighted by atomic mass is 9.85. The van der Waals surface area contributed by atoms with Crippen LogP contribution in [0.2, 0.25) is 5.02 Å². The van der Waals surface area contributed by atoms with Gasteiger partial charge in [-0.3, -0.25) is 9.59 Å². The Morgan fingerprint density at radius 1 is 1.17 bits per heavy atom. The maximum Gasteiger partial charge on any atom is 0.247 e. The number of halogens is 2. The minimum Gasteiger partial charge on any atom is -0.491 e. The predicted molar refractivity (Wildman–Crippen MR) is 112 cm³/mol. The second-order valence-electron chi connectivity index (χ2n) is 7.51. The van der Waals surface area contributed by atoms with E-state index in [1.807, 2.05) is 30.3 Å². The molecule has 8 heteroatoms. The van der Waals surface area contributed by atoms with Gasteiger partial charge in [0, 0.05) is 18.8 Å². The third-order valence-electron chi connectivity index (χ3n) is 5.82. The highest BCUT2D eigenvalue weighted by molar-refractivity contribution is 6.32. The van der Waals surface area contributed by atoms with Gasteiger partial charge in [-0.05, 0) is 43.2 Å². The van der Waals surface area contributed by atoms with Crippen molar-refractivity contribution in [1.29, 1.82) is 0 Å². The molecule has 158 valence electrons. The molecular weight excluding hydrogens is 409 g/mol. The van der Waals surface area contributed by atoms with E-state index in [9.17, 15) is 14.0 Å². The molecule has 1 spiro atoms. The number of anilines is 1. The maximum absolute atomic E-state index is 13.1. The first-order valence-corrected chi connectivity index (χ1v) is 10.3. The number of likely N-dealkylation sites (tertiary alicyclic amines) is 1. The van der Waals surface area contributed by atoms with Crippen LogP contribution in [-0.2, 0) is 9.59 Å². The first kappa shape index (κ1) is 20.5. The summed E-state index contributed by atoms with van der Waals surface area (Å²) < 4.78 is 18.6. The van der Waals surface area contributed by atoms with Crippen LogP contribution in [0, 0.1) is 5.82 Å². The lowest BCUT2D eigenvalue weighted by Gasteiger charge is -2.43. The summed E-state index contributed by atoms with van der Waals surface area (Å²) in [5.74, 6) is -0.101. The van der Waals surface area contributed by atoms with Gasteiger partial charge in [-0.2, -0.15) is 0 Å². The number of rotatable bonds is 5. The zero-order valence-electron chi connectivity index (χ0n) is 16.4. The van der Waals surface area contributed by atoms with Crippen molar-refractivity contribution >= 4 is 29.1 Å². The molecule has 0 aromatic heterocycles. The summed E-state index contributed by atoms with van der Waals surface area (Å²) in [6, 6.07) is 13.7. The van der Waals surface area contributed by atoms with Crippen LogP contribution in [0.4, 0.5) is 10.1 Å². The van der Waals surface area contributed by atoms with Crippen molar-refractivity contribution in [3.8, 4) is 5.75 Å². The zero-order valence-corrected chi connectivity index (χ0v) is 17.2. The monoisotopic (exact) mass is 431 g/mol. The van der Waals surface area contributed by atoms with E-state index in [-0.39, 0.29) is 29.9 Å². The average Bonchev–Trinajstić information content (AvgIpc) is 3.06. The van der Waals surface area contributed by atoms with Crippen molar-refractivity contribution in [3.63, 3.8) is 0 Å². The summed E-state index contributed by atoms with van der Waals surface area (Å²) in [6.45, 7) is 1.64. The van der Waals surface area contributed by atoms with E-state index in [0.717, 1.165) is 5.69 Å². The van der Waals surface area contributed by atoms with E-state index in [2.05, 4.69) is 10.2 Å². The Labute approximate surface area is 179 Å². The third-order valence-corrected chi connectivity index (χ3v) is 6.11. The molecule has 2 saturated heterocycles. The van der Waals surface area contributed by atoms with Crippen molar-refractivity contribution in [3.05, 3.63) is 59.4 Å². The molecule has 0 atom stereocenters. The molecular formula is C22H23ClFN3O3. The molecule has 2 aromatic carbocycles. The van der Waals surface area contributed by atoms with Gasteiger partial charge in [-0.25, -0.2) is 4.39 Å². The van der Waals surface area contributed by atoms with Crippen LogP contribution >= 0.6 is 11.6 Å². The highest BCUT2D eigenvalue weighted by Gasteiger charge is 2.50. The van der Waals surface area contributed by atoms with Gasteiger partial charge in [0.2, 0.25) is 11.8 Å². The van der Waals surface area contributed by atoms with E-state index in [1.165, 1.54) is 18.2 Å². The quantitative estimate of drug-likeness (QED) is 0.789. The summed E-state index contributed by atoms with van der Waals surface area (Å²) in [7, 11) is 0. The number of ether oxygens (including phenoxy) is 1. The van der Waals surface area contributed by atoms with Gasteiger partial charge in [0.1, 0.15) is 17.1 Å². The van der Waals surface area contributed by atoms with Gasteiger partial charge in [-0.1, -0.05) is 29.8 Å². The van der Waals surface area contributed by atoms with Crippen LogP contribution in [0.5, 0.6) is 5.75 Å². The molecule has 2 heterocycles. The molecule has 2 aliphatic heterocycles. The van der Waals surface area contributed by atoms with Gasteiger partial charge in [0.25, 0.3) is 0 Å². The number of hydrogen-bond acceptors (Lipinski definition) is 4. The fraction of sp³-hybridized carbons (Fsp3) is 0.364. The van der Waals surface area contributed by atoms with Gasteiger partial charge < -0.3 is 19.9 Å². The summed E-state index contributed by atoms with van der Waals surface area (Å²) in [5, 5.41) is 3.14. The van der Waals surface area contributed by atoms with Crippen molar-refractivity contribution in [2.45, 2.75) is 24.8 Å². The summed E-state index contributed by atoms with van der Waals surface area (Å²) in [6.07, 6.45) is 1.34. The van der Waals surface area contributed by atoms with Crippen molar-refractivity contribution in [2.24, 2.45) is 0 Å². The Hall–Kier alpha value is -2.80.